The predicted octanol–water partition coefficient (Wildman–Crippen LogP) is 7.74. The summed E-state index contributed by atoms with van der Waals surface area (Å²) < 4.78 is 6.08. The molecule has 9 nitrogen and oxygen atoms in total. The summed E-state index contributed by atoms with van der Waals surface area (Å²) in [4.78, 5) is 61.6. The van der Waals surface area contributed by atoms with E-state index in [2.05, 4.69) is 0 Å². The Kier molecular flexibility index (Phi) is 9.20. The molecule has 5 aromatic rings. The molecule has 286 valence electrons. The molecule has 9 rings (SSSR count). The minimum absolute atomic E-state index is 0.117. The third-order valence-corrected chi connectivity index (χ3v) is 12.6. The number of ether oxygens (including phenoxy) is 1. The van der Waals surface area contributed by atoms with Gasteiger partial charge < -0.3 is 14.9 Å². The van der Waals surface area contributed by atoms with Gasteiger partial charge in [-0.15, -0.1) is 0 Å². The molecule has 0 radical (unpaired) electrons. The number of anilines is 1. The van der Waals surface area contributed by atoms with Crippen molar-refractivity contribution in [3.63, 3.8) is 0 Å². The zero-order valence-corrected chi connectivity index (χ0v) is 31.6. The summed E-state index contributed by atoms with van der Waals surface area (Å²) in [6.07, 6.45) is 2.80. The molecule has 10 heteroatoms. The van der Waals surface area contributed by atoms with Gasteiger partial charge in [0.15, 0.2) is 0 Å². The molecule has 3 fully saturated rings. The summed E-state index contributed by atoms with van der Waals surface area (Å²) in [5.41, 5.74) is 2.41. The van der Waals surface area contributed by atoms with E-state index in [4.69, 9.17) is 16.3 Å². The molecule has 2 aliphatic carbocycles. The van der Waals surface area contributed by atoms with Gasteiger partial charge in [0.05, 0.1) is 28.9 Å². The lowest BCUT2D eigenvalue weighted by atomic mass is 9.49. The number of fused-ring (bicyclic) bond motifs is 4. The number of carbonyl (C=O) groups is 4. The largest absolute Gasteiger partial charge is 0.508 e. The molecule has 2 N–H and O–H groups in total. The number of hydrogen-bond donors (Lipinski definition) is 2. The van der Waals surface area contributed by atoms with E-state index in [0.717, 1.165) is 16.7 Å². The van der Waals surface area contributed by atoms with Crippen molar-refractivity contribution in [1.29, 1.82) is 0 Å². The number of carbonyl (C=O) groups excluding carboxylic acids is 4. The lowest BCUT2D eigenvalue weighted by Crippen LogP contribution is -2.53. The summed E-state index contributed by atoms with van der Waals surface area (Å²) >= 11 is 6.44. The lowest BCUT2D eigenvalue weighted by Gasteiger charge is -2.50. The maximum atomic E-state index is 15.5. The molecule has 1 saturated carbocycles. The molecule has 2 saturated heterocycles. The van der Waals surface area contributed by atoms with Crippen LogP contribution in [0.4, 0.5) is 5.69 Å². The van der Waals surface area contributed by atoms with E-state index in [1.807, 2.05) is 66.7 Å². The molecule has 0 bridgehead atoms. The van der Waals surface area contributed by atoms with E-state index >= 15 is 9.59 Å². The molecule has 5 aromatic carbocycles. The van der Waals surface area contributed by atoms with Gasteiger partial charge in [-0.05, 0) is 78.3 Å². The highest BCUT2D eigenvalue weighted by Crippen LogP contribution is 2.65. The fraction of sp³-hybridized carbons (Fsp3) is 0.234. The van der Waals surface area contributed by atoms with Gasteiger partial charge in [0.1, 0.15) is 23.9 Å². The number of likely N-dealkylation sites (tertiary alicyclic amines) is 1. The molecule has 0 aromatic heterocycles. The standard InChI is InChI=1S/C47H39ClN2O7/c48-31-12-7-13-32(24-31)50-44(54)39-26-38-35(20-21-37-41(38)45(55)49(43(37)53)23-22-28-14-16-33(51)17-15-28)42(47(39,46(50)56)30-10-5-2-6-11-30)36-19-18-34(25-40(36)52)57-27-29-8-3-1-4-9-29/h1-20,24-25,37-39,41-42,51-52H,21-23,26-27H2. The Labute approximate surface area is 334 Å². The number of aromatic hydroxyl groups is 2. The monoisotopic (exact) mass is 778 g/mol. The van der Waals surface area contributed by atoms with Crippen LogP contribution >= 0.6 is 11.6 Å². The fourth-order valence-electron chi connectivity index (χ4n) is 9.88. The number of rotatable bonds is 9. The lowest BCUT2D eigenvalue weighted by molar-refractivity contribution is -0.140. The highest BCUT2D eigenvalue weighted by Gasteiger charge is 2.70. The molecular weight excluding hydrogens is 740 g/mol. The van der Waals surface area contributed by atoms with Crippen molar-refractivity contribution in [1.82, 2.24) is 4.90 Å². The van der Waals surface area contributed by atoms with Gasteiger partial charge >= 0.3 is 0 Å². The van der Waals surface area contributed by atoms with Crippen molar-refractivity contribution in [3.8, 4) is 17.2 Å². The van der Waals surface area contributed by atoms with Crippen LogP contribution in [0.1, 0.15) is 41.0 Å². The molecule has 4 amide bonds. The van der Waals surface area contributed by atoms with Crippen LogP contribution in [0, 0.1) is 23.7 Å². The van der Waals surface area contributed by atoms with Crippen LogP contribution in [-0.2, 0) is 37.6 Å². The Morgan fingerprint density at radius 1 is 0.737 bits per heavy atom. The van der Waals surface area contributed by atoms with Crippen LogP contribution in [0.3, 0.4) is 0 Å². The van der Waals surface area contributed by atoms with E-state index in [1.54, 1.807) is 60.7 Å². The average Bonchev–Trinajstić information content (AvgIpc) is 3.61. The molecule has 0 spiro atoms. The quantitative estimate of drug-likeness (QED) is 0.116. The number of halogens is 1. The first kappa shape index (κ1) is 36.4. The van der Waals surface area contributed by atoms with E-state index < -0.39 is 46.8 Å². The zero-order valence-electron chi connectivity index (χ0n) is 30.8. The first-order valence-electron chi connectivity index (χ1n) is 19.2. The van der Waals surface area contributed by atoms with Crippen LogP contribution in [0.2, 0.25) is 5.02 Å². The van der Waals surface area contributed by atoms with Crippen LogP contribution in [0.25, 0.3) is 0 Å². The minimum Gasteiger partial charge on any atom is -0.508 e. The predicted molar refractivity (Wildman–Crippen MR) is 213 cm³/mol. The molecule has 4 aliphatic rings. The van der Waals surface area contributed by atoms with Crippen LogP contribution in [0.15, 0.2) is 139 Å². The SMILES string of the molecule is O=C1C2CC=C3C(CC4C(=O)N(c5cccc(Cl)c5)C(=O)C4(c4ccccc4)C3c3ccc(OCc4ccccc4)cc3O)C2C(=O)N1CCc1ccc(O)cc1. The van der Waals surface area contributed by atoms with Crippen LogP contribution in [0.5, 0.6) is 17.2 Å². The van der Waals surface area contributed by atoms with Gasteiger partial charge in [-0.3, -0.25) is 24.1 Å². The van der Waals surface area contributed by atoms with Crippen molar-refractivity contribution in [2.24, 2.45) is 23.7 Å². The highest BCUT2D eigenvalue weighted by atomic mass is 35.5. The Morgan fingerprint density at radius 3 is 2.19 bits per heavy atom. The summed E-state index contributed by atoms with van der Waals surface area (Å²) in [5.74, 6) is -4.82. The van der Waals surface area contributed by atoms with Crippen molar-refractivity contribution in [2.45, 2.75) is 37.2 Å². The Morgan fingerprint density at radius 2 is 1.47 bits per heavy atom. The van der Waals surface area contributed by atoms with E-state index in [1.165, 1.54) is 15.9 Å². The molecule has 2 aliphatic heterocycles. The molecule has 57 heavy (non-hydrogen) atoms. The zero-order chi connectivity index (χ0) is 39.4. The number of imide groups is 2. The van der Waals surface area contributed by atoms with E-state index in [0.29, 0.717) is 34.0 Å². The Hall–Kier alpha value is -6.19. The van der Waals surface area contributed by atoms with Crippen LogP contribution < -0.4 is 9.64 Å². The van der Waals surface area contributed by atoms with Gasteiger partial charge in [-0.1, -0.05) is 108 Å². The second kappa shape index (κ2) is 14.4. The maximum Gasteiger partial charge on any atom is 0.246 e. The third-order valence-electron chi connectivity index (χ3n) is 12.4. The van der Waals surface area contributed by atoms with Crippen molar-refractivity contribution < 1.29 is 34.1 Å². The number of nitrogens with zero attached hydrogens (tertiary/aromatic N) is 2. The summed E-state index contributed by atoms with van der Waals surface area (Å²) in [7, 11) is 0. The maximum absolute atomic E-state index is 15.5. The Balaban J connectivity index is 1.17. The summed E-state index contributed by atoms with van der Waals surface area (Å²) in [6.45, 7) is 0.444. The second-order valence-electron chi connectivity index (χ2n) is 15.3. The highest BCUT2D eigenvalue weighted by molar-refractivity contribution is 6.32. The number of allylic oxidation sites excluding steroid dienone is 2. The van der Waals surface area contributed by atoms with Gasteiger partial charge in [0.25, 0.3) is 0 Å². The van der Waals surface area contributed by atoms with Crippen LogP contribution in [-0.4, -0.2) is 45.3 Å². The smallest absolute Gasteiger partial charge is 0.246 e. The number of phenolic OH excluding ortho intramolecular Hbond substituents is 2. The number of phenols is 2. The first-order chi connectivity index (χ1) is 27.7. The summed E-state index contributed by atoms with van der Waals surface area (Å²) in [6, 6.07) is 37.2. The molecule has 2 heterocycles. The normalized spacial score (nSPS) is 25.2. The molecular formula is C47H39ClN2O7. The number of benzene rings is 5. The average molecular weight is 779 g/mol. The van der Waals surface area contributed by atoms with Crippen molar-refractivity contribution in [2.75, 3.05) is 11.4 Å². The second-order valence-corrected chi connectivity index (χ2v) is 15.8. The first-order valence-corrected chi connectivity index (χ1v) is 19.6. The minimum atomic E-state index is -1.52. The third kappa shape index (κ3) is 6.00. The molecule has 6 unspecified atom stereocenters. The van der Waals surface area contributed by atoms with Crippen molar-refractivity contribution >= 4 is 40.9 Å². The number of hydrogen-bond acceptors (Lipinski definition) is 7. The van der Waals surface area contributed by atoms with Gasteiger partial charge in [0.2, 0.25) is 23.6 Å². The van der Waals surface area contributed by atoms with Gasteiger partial charge in [0, 0.05) is 29.1 Å². The van der Waals surface area contributed by atoms with E-state index in [-0.39, 0.29) is 49.3 Å². The van der Waals surface area contributed by atoms with Gasteiger partial charge in [-0.2, -0.15) is 0 Å². The number of amides is 4. The van der Waals surface area contributed by atoms with E-state index in [9.17, 15) is 19.8 Å². The van der Waals surface area contributed by atoms with Gasteiger partial charge in [-0.25, -0.2) is 4.90 Å². The van der Waals surface area contributed by atoms with Crippen molar-refractivity contribution in [3.05, 3.63) is 166 Å². The summed E-state index contributed by atoms with van der Waals surface area (Å²) in [5, 5.41) is 22.1. The fourth-order valence-corrected chi connectivity index (χ4v) is 10.1. The molecule has 6 atom stereocenters. The Bertz CT molecular complexity index is 2440. The topological polar surface area (TPSA) is 124 Å².